The molecule has 2 aromatic heterocycles. The Labute approximate surface area is 159 Å². The minimum Gasteiger partial charge on any atom is -0.490 e. The van der Waals surface area contributed by atoms with Gasteiger partial charge in [0.05, 0.1) is 24.3 Å². The number of hydrogen-bond acceptors (Lipinski definition) is 5. The van der Waals surface area contributed by atoms with Gasteiger partial charge in [-0.1, -0.05) is 6.07 Å². The second-order valence-corrected chi connectivity index (χ2v) is 6.27. The van der Waals surface area contributed by atoms with Crippen molar-refractivity contribution in [2.45, 2.75) is 13.8 Å². The maximum Gasteiger partial charge on any atom is 0.178 e. The zero-order valence-electron chi connectivity index (χ0n) is 14.4. The lowest BCUT2D eigenvalue weighted by Gasteiger charge is -2.11. The minimum atomic E-state index is 0.408. The van der Waals surface area contributed by atoms with Crippen molar-refractivity contribution in [1.82, 2.24) is 15.0 Å². The van der Waals surface area contributed by atoms with Crippen LogP contribution in [0.4, 0.5) is 0 Å². The maximum atomic E-state index is 9.57. The summed E-state index contributed by atoms with van der Waals surface area (Å²) in [5.74, 6) is 1.80. The number of nitriles is 1. The third kappa shape index (κ3) is 3.86. The average molecular weight is 413 g/mol. The standard InChI is InChI=1S/C19H17BrN4O2/c1-3-25-16-6-5-12(8-17(16)26-4-2)7-13(10-21)18-23-15-9-14(20)11-22-19(15)24-18/h5-9,11H,3-4H2,1-2H3,(H,22,23,24). The van der Waals surface area contributed by atoms with Gasteiger partial charge in [-0.15, -0.1) is 0 Å². The third-order valence-electron chi connectivity index (χ3n) is 3.56. The van der Waals surface area contributed by atoms with Gasteiger partial charge in [0, 0.05) is 10.7 Å². The van der Waals surface area contributed by atoms with E-state index >= 15 is 0 Å². The molecule has 1 N–H and O–H groups in total. The van der Waals surface area contributed by atoms with Crippen molar-refractivity contribution in [1.29, 1.82) is 5.26 Å². The van der Waals surface area contributed by atoms with Gasteiger partial charge < -0.3 is 14.5 Å². The van der Waals surface area contributed by atoms with Crippen LogP contribution in [-0.4, -0.2) is 28.2 Å². The first-order valence-corrected chi connectivity index (χ1v) is 8.97. The Bertz CT molecular complexity index is 1000. The Morgan fingerprint density at radius 2 is 2.00 bits per heavy atom. The van der Waals surface area contributed by atoms with E-state index in [1.165, 1.54) is 0 Å². The second-order valence-electron chi connectivity index (χ2n) is 5.35. The molecule has 132 valence electrons. The first kappa shape index (κ1) is 18.0. The summed E-state index contributed by atoms with van der Waals surface area (Å²) in [6.07, 6.45) is 3.43. The number of pyridine rings is 1. The molecule has 0 aliphatic rings. The molecule has 0 aliphatic heterocycles. The van der Waals surface area contributed by atoms with Crippen molar-refractivity contribution < 1.29 is 9.47 Å². The SMILES string of the molecule is CCOc1ccc(C=C(C#N)c2nc3ncc(Br)cc3[nH]2)cc1OCC. The van der Waals surface area contributed by atoms with Gasteiger partial charge in [-0.05, 0) is 59.6 Å². The van der Waals surface area contributed by atoms with Gasteiger partial charge in [0.25, 0.3) is 0 Å². The van der Waals surface area contributed by atoms with E-state index in [2.05, 4.69) is 37.0 Å². The van der Waals surface area contributed by atoms with Gasteiger partial charge in [0.1, 0.15) is 6.07 Å². The summed E-state index contributed by atoms with van der Waals surface area (Å²) >= 11 is 3.38. The van der Waals surface area contributed by atoms with Gasteiger partial charge >= 0.3 is 0 Å². The van der Waals surface area contributed by atoms with E-state index in [4.69, 9.17) is 9.47 Å². The highest BCUT2D eigenvalue weighted by Crippen LogP contribution is 2.30. The van der Waals surface area contributed by atoms with Crippen LogP contribution in [0.1, 0.15) is 25.2 Å². The molecule has 7 heteroatoms. The molecular formula is C19H17BrN4O2. The number of benzene rings is 1. The lowest BCUT2D eigenvalue weighted by molar-refractivity contribution is 0.287. The highest BCUT2D eigenvalue weighted by Gasteiger charge is 2.11. The number of aromatic nitrogens is 3. The molecule has 0 amide bonds. The van der Waals surface area contributed by atoms with Crippen LogP contribution in [0.25, 0.3) is 22.8 Å². The lowest BCUT2D eigenvalue weighted by atomic mass is 10.1. The van der Waals surface area contributed by atoms with Gasteiger partial charge in [-0.25, -0.2) is 9.97 Å². The van der Waals surface area contributed by atoms with E-state index in [1.54, 1.807) is 12.3 Å². The van der Waals surface area contributed by atoms with Crippen molar-refractivity contribution in [2.75, 3.05) is 13.2 Å². The molecule has 0 saturated heterocycles. The monoisotopic (exact) mass is 412 g/mol. The van der Waals surface area contributed by atoms with Crippen molar-refractivity contribution in [2.24, 2.45) is 0 Å². The first-order valence-electron chi connectivity index (χ1n) is 8.17. The number of H-pyrrole nitrogens is 1. The molecule has 3 aromatic rings. The number of nitrogens with zero attached hydrogens (tertiary/aromatic N) is 3. The molecule has 0 fully saturated rings. The van der Waals surface area contributed by atoms with Crippen LogP contribution in [0.3, 0.4) is 0 Å². The quantitative estimate of drug-likeness (QED) is 0.598. The summed E-state index contributed by atoms with van der Waals surface area (Å²) in [6.45, 7) is 4.92. The van der Waals surface area contributed by atoms with Crippen LogP contribution in [0.5, 0.6) is 11.5 Å². The first-order chi connectivity index (χ1) is 12.6. The van der Waals surface area contributed by atoms with Crippen LogP contribution in [0.2, 0.25) is 0 Å². The van der Waals surface area contributed by atoms with Gasteiger partial charge in [0.15, 0.2) is 23.0 Å². The molecule has 0 aliphatic carbocycles. The Kier molecular flexibility index (Phi) is 5.54. The van der Waals surface area contributed by atoms with E-state index in [9.17, 15) is 5.26 Å². The van der Waals surface area contributed by atoms with E-state index in [1.807, 2.05) is 38.1 Å². The number of nitrogens with one attached hydrogen (secondary N) is 1. The minimum absolute atomic E-state index is 0.408. The zero-order valence-corrected chi connectivity index (χ0v) is 16.0. The molecule has 3 rings (SSSR count). The fourth-order valence-corrected chi connectivity index (χ4v) is 2.81. The number of fused-ring (bicyclic) bond motifs is 1. The molecule has 0 unspecified atom stereocenters. The van der Waals surface area contributed by atoms with Crippen LogP contribution in [0.15, 0.2) is 34.9 Å². The molecular weight excluding hydrogens is 396 g/mol. The largest absolute Gasteiger partial charge is 0.490 e. The van der Waals surface area contributed by atoms with Crippen LogP contribution < -0.4 is 9.47 Å². The van der Waals surface area contributed by atoms with Gasteiger partial charge in [-0.2, -0.15) is 5.26 Å². The number of ether oxygens (including phenoxy) is 2. The number of halogens is 1. The van der Waals surface area contributed by atoms with E-state index in [0.29, 0.717) is 41.8 Å². The summed E-state index contributed by atoms with van der Waals surface area (Å²) in [5, 5.41) is 9.57. The molecule has 6 nitrogen and oxygen atoms in total. The molecule has 1 aromatic carbocycles. The van der Waals surface area contributed by atoms with Crippen molar-refractivity contribution in [3.8, 4) is 17.6 Å². The number of hydrogen-bond donors (Lipinski definition) is 1. The number of aromatic amines is 1. The highest BCUT2D eigenvalue weighted by molar-refractivity contribution is 9.10. The molecule has 0 radical (unpaired) electrons. The molecule has 0 saturated carbocycles. The average Bonchev–Trinajstić information content (AvgIpc) is 3.05. The fraction of sp³-hybridized carbons (Fsp3) is 0.211. The lowest BCUT2D eigenvalue weighted by Crippen LogP contribution is -1.98. The highest BCUT2D eigenvalue weighted by atomic mass is 79.9. The summed E-state index contributed by atoms with van der Waals surface area (Å²) in [5.41, 5.74) is 2.55. The fourth-order valence-electron chi connectivity index (χ4n) is 2.48. The van der Waals surface area contributed by atoms with Crippen LogP contribution in [-0.2, 0) is 0 Å². The van der Waals surface area contributed by atoms with Gasteiger partial charge in [-0.3, -0.25) is 0 Å². The van der Waals surface area contributed by atoms with Crippen molar-refractivity contribution in [3.05, 3.63) is 46.3 Å². The summed E-state index contributed by atoms with van der Waals surface area (Å²) in [7, 11) is 0. The molecule has 26 heavy (non-hydrogen) atoms. The normalized spacial score (nSPS) is 11.4. The number of allylic oxidation sites excluding steroid dienone is 1. The topological polar surface area (TPSA) is 83.8 Å². The van der Waals surface area contributed by atoms with Gasteiger partial charge in [0.2, 0.25) is 0 Å². The van der Waals surface area contributed by atoms with Crippen LogP contribution in [0, 0.1) is 11.3 Å². The Morgan fingerprint density at radius 3 is 2.73 bits per heavy atom. The zero-order chi connectivity index (χ0) is 18.5. The third-order valence-corrected chi connectivity index (χ3v) is 3.99. The predicted molar refractivity (Wildman–Crippen MR) is 104 cm³/mol. The van der Waals surface area contributed by atoms with E-state index < -0.39 is 0 Å². The van der Waals surface area contributed by atoms with E-state index in [-0.39, 0.29) is 0 Å². The smallest absolute Gasteiger partial charge is 0.178 e. The summed E-state index contributed by atoms with van der Waals surface area (Å²) < 4.78 is 12.0. The van der Waals surface area contributed by atoms with Crippen molar-refractivity contribution in [3.63, 3.8) is 0 Å². The summed E-state index contributed by atoms with van der Waals surface area (Å²) in [6, 6.07) is 9.63. The Hall–Kier alpha value is -2.85. The van der Waals surface area contributed by atoms with Crippen LogP contribution >= 0.6 is 15.9 Å². The molecule has 0 atom stereocenters. The second kappa shape index (κ2) is 8.02. The molecule has 2 heterocycles. The molecule has 0 spiro atoms. The van der Waals surface area contributed by atoms with E-state index in [0.717, 1.165) is 15.6 Å². The predicted octanol–water partition coefficient (Wildman–Crippen LogP) is 4.58. The molecule has 0 bridgehead atoms. The Morgan fingerprint density at radius 1 is 1.23 bits per heavy atom. The summed E-state index contributed by atoms with van der Waals surface area (Å²) in [4.78, 5) is 11.8. The number of rotatable bonds is 6. The maximum absolute atomic E-state index is 9.57. The number of imidazole rings is 1. The van der Waals surface area contributed by atoms with Crippen molar-refractivity contribution >= 4 is 38.7 Å². The Balaban J connectivity index is 2.00.